The second-order valence-corrected chi connectivity index (χ2v) is 14.9. The van der Waals surface area contributed by atoms with Gasteiger partial charge in [0.1, 0.15) is 23.4 Å². The smallest absolute Gasteiger partial charge is 0.244 e. The largest absolute Gasteiger partial charge is 0.491 e. The molecule has 10 nitrogen and oxygen atoms in total. The Labute approximate surface area is 241 Å². The van der Waals surface area contributed by atoms with Crippen molar-refractivity contribution in [3.05, 3.63) is 60.8 Å². The van der Waals surface area contributed by atoms with Gasteiger partial charge in [-0.05, 0) is 56.0 Å². The van der Waals surface area contributed by atoms with Crippen molar-refractivity contribution < 1.29 is 31.4 Å². The molecule has 41 heavy (non-hydrogen) atoms. The summed E-state index contributed by atoms with van der Waals surface area (Å²) in [7, 11) is -7.01. The molecule has 1 spiro atoms. The van der Waals surface area contributed by atoms with E-state index in [0.29, 0.717) is 44.7 Å². The molecule has 0 bridgehead atoms. The first-order chi connectivity index (χ1) is 19.6. The van der Waals surface area contributed by atoms with Crippen LogP contribution in [0.5, 0.6) is 5.75 Å². The molecule has 222 valence electrons. The third-order valence-electron chi connectivity index (χ3n) is 7.77. The average Bonchev–Trinajstić information content (AvgIpc) is 3.37. The number of aliphatic hydroxyl groups is 1. The average molecular weight is 604 g/mol. The number of hydrogen-bond donors (Lipinski definition) is 2. The quantitative estimate of drug-likeness (QED) is 0.339. The number of aliphatic hydroxyl groups excluding tert-OH is 1. The number of sulfonamides is 1. The molecule has 3 aromatic rings. The topological polar surface area (TPSA) is 135 Å². The van der Waals surface area contributed by atoms with Gasteiger partial charge in [0.25, 0.3) is 0 Å². The monoisotopic (exact) mass is 603 g/mol. The van der Waals surface area contributed by atoms with Crippen molar-refractivity contribution in [2.75, 3.05) is 38.6 Å². The maximum absolute atomic E-state index is 13.3. The van der Waals surface area contributed by atoms with Crippen LogP contribution < -0.4 is 10.1 Å². The van der Waals surface area contributed by atoms with E-state index in [-0.39, 0.29) is 34.7 Å². The van der Waals surface area contributed by atoms with Crippen molar-refractivity contribution in [3.8, 4) is 5.75 Å². The van der Waals surface area contributed by atoms with Crippen LogP contribution >= 0.6 is 0 Å². The van der Waals surface area contributed by atoms with Crippen LogP contribution in [0.25, 0.3) is 10.9 Å². The van der Waals surface area contributed by atoms with E-state index in [1.165, 1.54) is 16.6 Å². The molecule has 2 N–H and O–H groups in total. The summed E-state index contributed by atoms with van der Waals surface area (Å²) >= 11 is 0. The van der Waals surface area contributed by atoms with Crippen LogP contribution in [0.15, 0.2) is 70.6 Å². The zero-order valence-corrected chi connectivity index (χ0v) is 24.7. The molecule has 2 aliphatic heterocycles. The van der Waals surface area contributed by atoms with E-state index < -0.39 is 31.6 Å². The van der Waals surface area contributed by atoms with Gasteiger partial charge in [0.05, 0.1) is 28.4 Å². The fourth-order valence-electron chi connectivity index (χ4n) is 5.50. The number of pyridine rings is 1. The second-order valence-electron chi connectivity index (χ2n) is 10.8. The Hall–Kier alpha value is -2.61. The molecule has 0 aliphatic carbocycles. The minimum Gasteiger partial charge on any atom is -0.491 e. The first-order valence-electron chi connectivity index (χ1n) is 14.0. The van der Waals surface area contributed by atoms with Crippen LogP contribution in [-0.2, 0) is 24.6 Å². The zero-order chi connectivity index (χ0) is 29.1. The van der Waals surface area contributed by atoms with E-state index in [0.717, 1.165) is 17.3 Å². The summed E-state index contributed by atoms with van der Waals surface area (Å²) in [5.74, 6) is 0.467. The number of piperidine rings is 1. The summed E-state index contributed by atoms with van der Waals surface area (Å²) in [6, 6.07) is 15.5. The summed E-state index contributed by atoms with van der Waals surface area (Å²) in [5.41, 5.74) is 0.364. The predicted octanol–water partition coefficient (Wildman–Crippen LogP) is 2.76. The van der Waals surface area contributed by atoms with Gasteiger partial charge in [0, 0.05) is 37.3 Å². The third-order valence-corrected chi connectivity index (χ3v) is 11.5. The maximum Gasteiger partial charge on any atom is 0.244 e. The van der Waals surface area contributed by atoms with Crippen molar-refractivity contribution in [2.24, 2.45) is 0 Å². The number of ether oxygens (including phenoxy) is 2. The van der Waals surface area contributed by atoms with Crippen LogP contribution in [0, 0.1) is 0 Å². The van der Waals surface area contributed by atoms with Gasteiger partial charge in [-0.15, -0.1) is 0 Å². The van der Waals surface area contributed by atoms with E-state index >= 15 is 0 Å². The summed E-state index contributed by atoms with van der Waals surface area (Å²) in [5, 5.41) is 14.6. The van der Waals surface area contributed by atoms with E-state index in [9.17, 15) is 21.9 Å². The molecule has 2 aliphatic rings. The van der Waals surface area contributed by atoms with Gasteiger partial charge in [-0.2, -0.15) is 4.31 Å². The summed E-state index contributed by atoms with van der Waals surface area (Å²) in [4.78, 5) is 4.73. The highest BCUT2D eigenvalue weighted by Gasteiger charge is 2.44. The molecule has 5 rings (SSSR count). The maximum atomic E-state index is 13.3. The summed E-state index contributed by atoms with van der Waals surface area (Å²) < 4.78 is 64.6. The summed E-state index contributed by atoms with van der Waals surface area (Å²) in [6.07, 6.45) is 3.06. The van der Waals surface area contributed by atoms with Crippen LogP contribution in [0.4, 0.5) is 0 Å². The van der Waals surface area contributed by atoms with E-state index in [1.807, 2.05) is 31.2 Å². The van der Waals surface area contributed by atoms with Crippen molar-refractivity contribution in [3.63, 3.8) is 0 Å². The molecule has 2 fully saturated rings. The Balaban J connectivity index is 1.09. The molecule has 12 heteroatoms. The molecule has 2 saturated heterocycles. The van der Waals surface area contributed by atoms with Gasteiger partial charge >= 0.3 is 0 Å². The van der Waals surface area contributed by atoms with Gasteiger partial charge in [-0.1, -0.05) is 31.2 Å². The van der Waals surface area contributed by atoms with Gasteiger partial charge < -0.3 is 19.9 Å². The fourth-order valence-corrected chi connectivity index (χ4v) is 8.27. The zero-order valence-electron chi connectivity index (χ0n) is 23.1. The Morgan fingerprint density at radius 1 is 1.10 bits per heavy atom. The standard InChI is InChI=1S/C29H37N3O7S2/c1-2-14-40(34,35)26-8-5-7-25(16-26)38-21-24(33)18-30-23-17-29(39-20-23)10-12-32(13-11-29)41(36,37)27-15-22-6-3-4-9-28(22)31-19-27/h3-9,15-16,19,23-24,30,33H,2,10-14,17-18,20-21H2,1H3. The molecule has 2 atom stereocenters. The van der Waals surface area contributed by atoms with Crippen LogP contribution in [0.3, 0.4) is 0 Å². The fraction of sp³-hybridized carbons (Fsp3) is 0.483. The lowest BCUT2D eigenvalue weighted by Crippen LogP contribution is -2.47. The van der Waals surface area contributed by atoms with Crippen LogP contribution in [0.2, 0.25) is 0 Å². The number of hydrogen-bond acceptors (Lipinski definition) is 9. The summed E-state index contributed by atoms with van der Waals surface area (Å²) in [6.45, 7) is 3.33. The SMILES string of the molecule is CCCS(=O)(=O)c1cccc(OCC(O)CNC2COC3(CCN(S(=O)(=O)c4cnc5ccccc5c4)CC3)C2)c1. The van der Waals surface area contributed by atoms with Crippen molar-refractivity contribution in [1.29, 1.82) is 0 Å². The number of aromatic nitrogens is 1. The van der Waals surface area contributed by atoms with Crippen LogP contribution in [0.1, 0.15) is 32.6 Å². The Kier molecular flexibility index (Phi) is 8.98. The van der Waals surface area contributed by atoms with Gasteiger partial charge in [0.2, 0.25) is 10.0 Å². The lowest BCUT2D eigenvalue weighted by Gasteiger charge is -2.38. The molecular formula is C29H37N3O7S2. The molecule has 2 aromatic carbocycles. The van der Waals surface area contributed by atoms with Gasteiger partial charge in [-0.25, -0.2) is 16.8 Å². The normalized spacial score (nSPS) is 20.4. The molecule has 2 unspecified atom stereocenters. The number of nitrogens with one attached hydrogen (secondary N) is 1. The molecule has 3 heterocycles. The molecule has 0 saturated carbocycles. The minimum atomic E-state index is -3.66. The number of fused-ring (bicyclic) bond motifs is 1. The second kappa shape index (κ2) is 12.3. The Bertz CT molecular complexity index is 1570. The van der Waals surface area contributed by atoms with Crippen LogP contribution in [-0.4, -0.2) is 87.6 Å². The number of nitrogens with zero attached hydrogens (tertiary/aromatic N) is 2. The van der Waals surface area contributed by atoms with Gasteiger partial charge in [-0.3, -0.25) is 4.98 Å². The number of benzene rings is 2. The number of rotatable bonds is 11. The van der Waals surface area contributed by atoms with Crippen molar-refractivity contribution in [1.82, 2.24) is 14.6 Å². The van der Waals surface area contributed by atoms with E-state index in [1.54, 1.807) is 24.3 Å². The highest BCUT2D eigenvalue weighted by Crippen LogP contribution is 2.37. The Morgan fingerprint density at radius 2 is 1.88 bits per heavy atom. The van der Waals surface area contributed by atoms with E-state index in [4.69, 9.17) is 9.47 Å². The Morgan fingerprint density at radius 3 is 2.66 bits per heavy atom. The molecule has 0 radical (unpaired) electrons. The van der Waals surface area contributed by atoms with Gasteiger partial charge in [0.15, 0.2) is 9.84 Å². The lowest BCUT2D eigenvalue weighted by atomic mass is 9.88. The highest BCUT2D eigenvalue weighted by molar-refractivity contribution is 7.91. The van der Waals surface area contributed by atoms with Crippen molar-refractivity contribution in [2.45, 2.75) is 60.1 Å². The number of sulfone groups is 1. The third kappa shape index (κ3) is 6.90. The first-order valence-corrected chi connectivity index (χ1v) is 17.1. The number of para-hydroxylation sites is 1. The lowest BCUT2D eigenvalue weighted by molar-refractivity contribution is -0.0312. The highest BCUT2D eigenvalue weighted by atomic mass is 32.2. The van der Waals surface area contributed by atoms with Crippen molar-refractivity contribution >= 4 is 30.8 Å². The minimum absolute atomic E-state index is 0.0133. The molecule has 1 aromatic heterocycles. The van der Waals surface area contributed by atoms with E-state index in [2.05, 4.69) is 10.3 Å². The molecule has 0 amide bonds. The molecular weight excluding hydrogens is 566 g/mol. The predicted molar refractivity (Wildman–Crippen MR) is 155 cm³/mol. The first kappa shape index (κ1) is 29.9.